The highest BCUT2D eigenvalue weighted by Gasteiger charge is 2.45. The van der Waals surface area contributed by atoms with Crippen molar-refractivity contribution in [3.63, 3.8) is 0 Å². The highest BCUT2D eigenvalue weighted by atomic mass is 32.5. The molecular formula is C23H36N5O3P4S+. The molecular weight excluding hydrogens is 550 g/mol. The molecule has 0 aromatic heterocycles. The Hall–Kier alpha value is -1.13. The maximum Gasteiger partial charge on any atom is 0.358 e. The molecule has 0 spiro atoms. The molecule has 2 aromatic carbocycles. The lowest BCUT2D eigenvalue weighted by Crippen LogP contribution is -2.31. The molecule has 6 unspecified atom stereocenters. The van der Waals surface area contributed by atoms with Crippen molar-refractivity contribution in [2.75, 3.05) is 7.05 Å². The Kier molecular flexibility index (Phi) is 12.2. The summed E-state index contributed by atoms with van der Waals surface area (Å²) >= 11 is 5.86. The minimum Gasteiger partial charge on any atom is -0.481 e. The summed E-state index contributed by atoms with van der Waals surface area (Å²) in [4.78, 5) is 10.9. The van der Waals surface area contributed by atoms with E-state index < -0.39 is 32.7 Å². The monoisotopic (exact) mass is 586 g/mol. The predicted molar refractivity (Wildman–Crippen MR) is 161 cm³/mol. The minimum absolute atomic E-state index is 0.144. The second kappa shape index (κ2) is 14.1. The second-order valence-electron chi connectivity index (χ2n) is 8.34. The van der Waals surface area contributed by atoms with Gasteiger partial charge in [0, 0.05) is 26.4 Å². The summed E-state index contributed by atoms with van der Waals surface area (Å²) < 4.78 is 14.3. The lowest BCUT2D eigenvalue weighted by Gasteiger charge is -2.37. The van der Waals surface area contributed by atoms with Gasteiger partial charge in [-0.05, 0) is 75.9 Å². The summed E-state index contributed by atoms with van der Waals surface area (Å²) in [5.41, 5.74) is 19.9. The Balaban J connectivity index is 2.07. The van der Waals surface area contributed by atoms with Crippen molar-refractivity contribution in [2.45, 2.75) is 51.2 Å². The van der Waals surface area contributed by atoms with Gasteiger partial charge in [-0.1, -0.05) is 13.8 Å². The van der Waals surface area contributed by atoms with Crippen molar-refractivity contribution in [3.05, 3.63) is 59.7 Å². The smallest absolute Gasteiger partial charge is 0.358 e. The van der Waals surface area contributed by atoms with Gasteiger partial charge in [-0.3, -0.25) is 4.79 Å². The average Bonchev–Trinajstić information content (AvgIpc) is 2.91. The molecule has 2 aromatic rings. The quantitative estimate of drug-likeness (QED) is 0.100. The molecule has 6 atom stereocenters. The molecule has 2 rings (SSSR count). The Morgan fingerprint density at radius 2 is 1.56 bits per heavy atom. The second-order valence-corrected chi connectivity index (χ2v) is 20.0. The minimum atomic E-state index is -1.19. The van der Waals surface area contributed by atoms with Gasteiger partial charge in [-0.2, -0.15) is 0 Å². The number of nitrogens with zero attached hydrogens (tertiary/aromatic N) is 2. The number of aldehydes is 1. The van der Waals surface area contributed by atoms with Crippen molar-refractivity contribution in [1.82, 2.24) is 4.78 Å². The Morgan fingerprint density at radius 3 is 2.03 bits per heavy atom. The molecule has 13 heteroatoms. The highest BCUT2D eigenvalue weighted by molar-refractivity contribution is 8.55. The van der Waals surface area contributed by atoms with Gasteiger partial charge in [0.15, 0.2) is 11.8 Å². The van der Waals surface area contributed by atoms with E-state index in [-0.39, 0.29) is 8.42 Å². The van der Waals surface area contributed by atoms with Crippen LogP contribution in [0.1, 0.15) is 56.5 Å². The Morgan fingerprint density at radius 1 is 1.03 bits per heavy atom. The van der Waals surface area contributed by atoms with Crippen LogP contribution in [0.4, 0.5) is 0 Å². The first-order valence-corrected chi connectivity index (χ1v) is 19.1. The summed E-state index contributed by atoms with van der Waals surface area (Å²) in [6.45, 7) is 6.89. The molecule has 0 saturated carbocycles. The van der Waals surface area contributed by atoms with Crippen LogP contribution in [0, 0.1) is 0 Å². The molecule has 0 aliphatic carbocycles. The van der Waals surface area contributed by atoms with Gasteiger partial charge in [-0.25, -0.2) is 0 Å². The molecule has 0 amide bonds. The number of hydrogen-bond donors (Lipinski definition) is 3. The van der Waals surface area contributed by atoms with Crippen LogP contribution < -0.4 is 26.0 Å². The van der Waals surface area contributed by atoms with Crippen LogP contribution in [0.25, 0.3) is 0 Å². The fourth-order valence-electron chi connectivity index (χ4n) is 3.06. The fourth-order valence-corrected chi connectivity index (χ4v) is 11.3. The molecule has 0 radical (unpaired) electrons. The Bertz CT molecular complexity index is 1050. The van der Waals surface area contributed by atoms with E-state index in [0.29, 0.717) is 17.7 Å². The average molecular weight is 587 g/mol. The van der Waals surface area contributed by atoms with E-state index >= 15 is 0 Å². The zero-order valence-electron chi connectivity index (χ0n) is 21.3. The molecule has 0 heterocycles. The molecule has 0 bridgehead atoms. The molecule has 0 aliphatic heterocycles. The summed E-state index contributed by atoms with van der Waals surface area (Å²) in [6.07, 6.45) is 4.02. The summed E-state index contributed by atoms with van der Waals surface area (Å²) in [5.74, 6) is 1.40. The van der Waals surface area contributed by atoms with Crippen molar-refractivity contribution >= 4 is 54.8 Å². The van der Waals surface area contributed by atoms with Crippen LogP contribution >= 0.6 is 30.5 Å². The topological polar surface area (TPSA) is 129 Å². The first-order chi connectivity index (χ1) is 17.0. The predicted octanol–water partition coefficient (Wildman–Crippen LogP) is 6.43. The lowest BCUT2D eigenvalue weighted by atomic mass is 10.2. The van der Waals surface area contributed by atoms with E-state index in [1.165, 1.54) is 0 Å². The van der Waals surface area contributed by atoms with Gasteiger partial charge < -0.3 is 26.0 Å². The fraction of sp³-hybridized carbons (Fsp3) is 0.391. The number of ether oxygens (including phenoxy) is 2. The standard InChI is InChI=1S/C23H36N5O3P4S/c1-6-22(3,33(25)35(26)32-24)30-20-12-8-18(9-13-20)16-27-28(5)34(36)23(4,7-2)31-21-14-10-19(17-29)11-15-21/h8-17,32H,6-7,24-26H2,1-5H3/q+1/b27-16+. The zero-order valence-corrected chi connectivity index (χ0v) is 25.8. The van der Waals surface area contributed by atoms with E-state index in [1.54, 1.807) is 35.3 Å². The van der Waals surface area contributed by atoms with Crippen molar-refractivity contribution in [1.29, 1.82) is 0 Å². The molecule has 8 nitrogen and oxygen atoms in total. The number of benzene rings is 2. The van der Waals surface area contributed by atoms with Crippen LogP contribution in [0.5, 0.6) is 11.5 Å². The van der Waals surface area contributed by atoms with Gasteiger partial charge in [0.25, 0.3) is 5.34 Å². The van der Waals surface area contributed by atoms with Crippen molar-refractivity contribution < 1.29 is 14.3 Å². The highest BCUT2D eigenvalue weighted by Crippen LogP contribution is 2.74. The van der Waals surface area contributed by atoms with Gasteiger partial charge in [0.1, 0.15) is 23.1 Å². The van der Waals surface area contributed by atoms with Crippen LogP contribution in [0.15, 0.2) is 53.6 Å². The number of hydrazone groups is 1. The third-order valence-electron chi connectivity index (χ3n) is 5.77. The lowest BCUT2D eigenvalue weighted by molar-refractivity contribution is 0.112. The van der Waals surface area contributed by atoms with Crippen LogP contribution in [0.2, 0.25) is 0 Å². The SMILES string of the molecule is CCC(C)(Oc1ccc(/C=N/N(C)[P+](=S)C(C)(CC)Oc2ccc(C=O)cc2)cc1)P(N)P(N)PN. The van der Waals surface area contributed by atoms with E-state index in [4.69, 9.17) is 37.8 Å². The number of carbonyl (C=O) groups is 1. The van der Waals surface area contributed by atoms with E-state index in [0.717, 1.165) is 24.0 Å². The molecule has 0 aliphatic rings. The summed E-state index contributed by atoms with van der Waals surface area (Å²) in [5, 5.41) is 3.45. The van der Waals surface area contributed by atoms with Gasteiger partial charge in [0.05, 0.1) is 21.0 Å². The molecule has 0 saturated heterocycles. The van der Waals surface area contributed by atoms with Crippen molar-refractivity contribution in [3.8, 4) is 11.5 Å². The van der Waals surface area contributed by atoms with E-state index in [2.05, 4.69) is 5.10 Å². The number of carbonyl (C=O) groups excluding carboxylic acids is 1. The molecule has 6 N–H and O–H groups in total. The first-order valence-electron chi connectivity index (χ1n) is 11.4. The van der Waals surface area contributed by atoms with Crippen LogP contribution in [-0.2, 0) is 11.8 Å². The van der Waals surface area contributed by atoms with Gasteiger partial charge in [-0.15, -0.1) is 9.88 Å². The number of hydrogen-bond acceptors (Lipinski definition) is 8. The van der Waals surface area contributed by atoms with Crippen LogP contribution in [-0.4, -0.2) is 35.0 Å². The third kappa shape index (κ3) is 8.18. The Labute approximate surface area is 224 Å². The zero-order chi connectivity index (χ0) is 26.9. The maximum atomic E-state index is 10.9. The summed E-state index contributed by atoms with van der Waals surface area (Å²) in [7, 11) is 0.0451. The molecule has 196 valence electrons. The maximum absolute atomic E-state index is 10.9. The largest absolute Gasteiger partial charge is 0.481 e. The van der Waals surface area contributed by atoms with Crippen molar-refractivity contribution in [2.24, 2.45) is 21.6 Å². The normalized spacial score (nSPS) is 17.3. The van der Waals surface area contributed by atoms with Gasteiger partial charge >= 0.3 is 6.85 Å². The third-order valence-corrected chi connectivity index (χ3v) is 18.0. The van der Waals surface area contributed by atoms with Gasteiger partial charge in [0.2, 0.25) is 0 Å². The molecule has 36 heavy (non-hydrogen) atoms. The molecule has 0 fully saturated rings. The number of nitrogens with two attached hydrogens (primary N) is 3. The van der Waals surface area contributed by atoms with Crippen LogP contribution in [0.3, 0.4) is 0 Å². The van der Waals surface area contributed by atoms with E-state index in [1.807, 2.05) is 59.0 Å². The first kappa shape index (κ1) is 31.1. The number of rotatable bonds is 14. The summed E-state index contributed by atoms with van der Waals surface area (Å²) in [6, 6.07) is 14.7. The van der Waals surface area contributed by atoms with E-state index in [9.17, 15) is 4.79 Å².